The summed E-state index contributed by atoms with van der Waals surface area (Å²) in [5.41, 5.74) is 1.01. The Morgan fingerprint density at radius 1 is 1.06 bits per heavy atom. The number of benzene rings is 2. The summed E-state index contributed by atoms with van der Waals surface area (Å²) in [4.78, 5) is 27.3. The molecule has 1 atom stereocenters. The van der Waals surface area contributed by atoms with E-state index >= 15 is 0 Å². The number of ketones is 1. The van der Waals surface area contributed by atoms with Crippen molar-refractivity contribution in [2.24, 2.45) is 0 Å². The quantitative estimate of drug-likeness (QED) is 0.308. The minimum absolute atomic E-state index is 0.00287. The van der Waals surface area contributed by atoms with Crippen LogP contribution in [0, 0.1) is 0 Å². The van der Waals surface area contributed by atoms with Gasteiger partial charge in [-0.2, -0.15) is 0 Å². The predicted octanol–water partition coefficient (Wildman–Crippen LogP) is 4.60. The number of amides is 1. The number of nitrogens with zero attached hydrogens (tertiary/aromatic N) is 1. The van der Waals surface area contributed by atoms with Gasteiger partial charge in [-0.15, -0.1) is 0 Å². The van der Waals surface area contributed by atoms with Crippen LogP contribution in [-0.4, -0.2) is 55.2 Å². The summed E-state index contributed by atoms with van der Waals surface area (Å²) < 4.78 is 16.3. The Hall–Kier alpha value is -3.03. The van der Waals surface area contributed by atoms with Gasteiger partial charge >= 0.3 is 0 Å². The summed E-state index contributed by atoms with van der Waals surface area (Å²) in [7, 11) is 1.52. The topological polar surface area (TPSA) is 85.3 Å². The molecule has 176 valence electrons. The van der Waals surface area contributed by atoms with Crippen molar-refractivity contribution in [1.29, 1.82) is 0 Å². The summed E-state index contributed by atoms with van der Waals surface area (Å²) in [6.45, 7) is 5.25. The van der Waals surface area contributed by atoms with Crippen LogP contribution in [0.1, 0.15) is 37.4 Å². The zero-order valence-electron chi connectivity index (χ0n) is 19.0. The van der Waals surface area contributed by atoms with Gasteiger partial charge in [-0.05, 0) is 49.2 Å². The highest BCUT2D eigenvalue weighted by Crippen LogP contribution is 2.40. The molecule has 1 fully saturated rings. The molecule has 0 bridgehead atoms. The molecule has 0 aromatic heterocycles. The molecule has 1 amide bonds. The highest BCUT2D eigenvalue weighted by molar-refractivity contribution is 6.46. The number of carbonyl (C=O) groups excluding carboxylic acids is 2. The Labute approximate surface area is 198 Å². The number of hydrogen-bond donors (Lipinski definition) is 1. The van der Waals surface area contributed by atoms with Crippen molar-refractivity contribution in [2.75, 3.05) is 33.5 Å². The number of rotatable bonds is 10. The Balaban J connectivity index is 2.09. The van der Waals surface area contributed by atoms with Crippen LogP contribution in [0.25, 0.3) is 5.76 Å². The fourth-order valence-electron chi connectivity index (χ4n) is 3.69. The average Bonchev–Trinajstić information content (AvgIpc) is 3.07. The minimum atomic E-state index is -0.772. The van der Waals surface area contributed by atoms with Crippen LogP contribution in [-0.2, 0) is 14.3 Å². The molecule has 1 heterocycles. The first kappa shape index (κ1) is 24.6. The molecule has 1 unspecified atom stereocenters. The maximum absolute atomic E-state index is 13.0. The molecule has 1 aliphatic rings. The number of halogens is 1. The molecule has 3 rings (SSSR count). The van der Waals surface area contributed by atoms with Crippen LogP contribution < -0.4 is 9.47 Å². The minimum Gasteiger partial charge on any atom is -0.507 e. The summed E-state index contributed by atoms with van der Waals surface area (Å²) in [6, 6.07) is 11.1. The first-order valence-electron chi connectivity index (χ1n) is 10.9. The molecule has 0 radical (unpaired) electrons. The number of aliphatic hydroxyl groups excluding tert-OH is 1. The highest BCUT2D eigenvalue weighted by atomic mass is 35.5. The van der Waals surface area contributed by atoms with E-state index in [9.17, 15) is 14.7 Å². The zero-order valence-corrected chi connectivity index (χ0v) is 19.7. The van der Waals surface area contributed by atoms with E-state index in [-0.39, 0.29) is 24.5 Å². The summed E-state index contributed by atoms with van der Waals surface area (Å²) in [5, 5.41) is 11.5. The van der Waals surface area contributed by atoms with Gasteiger partial charge in [0, 0.05) is 19.2 Å². The van der Waals surface area contributed by atoms with Crippen LogP contribution in [0.15, 0.2) is 48.0 Å². The lowest BCUT2D eigenvalue weighted by Crippen LogP contribution is -2.32. The number of methoxy groups -OCH3 is 1. The number of likely N-dealkylation sites (tertiary alicyclic amines) is 1. The standard InChI is InChI=1S/C25H28ClNO6/c1-4-13-33-18-9-6-16(7-10-18)22-21(24(29)25(30)27(22)12-14-31-3)23(28)17-8-11-19(26)20(15-17)32-5-2/h6-11,15,22,28H,4-5,12-14H2,1-3H3/b23-21-. The van der Waals surface area contributed by atoms with E-state index in [1.165, 1.54) is 12.0 Å². The Morgan fingerprint density at radius 3 is 2.42 bits per heavy atom. The van der Waals surface area contributed by atoms with Crippen LogP contribution in [0.4, 0.5) is 0 Å². The van der Waals surface area contributed by atoms with Gasteiger partial charge in [0.25, 0.3) is 11.7 Å². The van der Waals surface area contributed by atoms with Crippen LogP contribution in [0.3, 0.4) is 0 Å². The molecule has 0 saturated carbocycles. The molecule has 1 aliphatic heterocycles. The fourth-order valence-corrected chi connectivity index (χ4v) is 3.86. The van der Waals surface area contributed by atoms with Crippen molar-refractivity contribution in [3.05, 3.63) is 64.2 Å². The van der Waals surface area contributed by atoms with Crippen LogP contribution >= 0.6 is 11.6 Å². The molecular weight excluding hydrogens is 446 g/mol. The number of Topliss-reactive ketones (excluding diaryl/α,β-unsaturated/α-hetero) is 1. The van der Waals surface area contributed by atoms with Crippen molar-refractivity contribution >= 4 is 29.1 Å². The van der Waals surface area contributed by atoms with E-state index in [0.29, 0.717) is 40.9 Å². The third-order valence-corrected chi connectivity index (χ3v) is 5.56. The van der Waals surface area contributed by atoms with Gasteiger partial charge in [0.2, 0.25) is 0 Å². The van der Waals surface area contributed by atoms with Gasteiger partial charge in [0.05, 0.1) is 36.5 Å². The maximum Gasteiger partial charge on any atom is 0.295 e. The second-order valence-corrected chi connectivity index (χ2v) is 7.89. The largest absolute Gasteiger partial charge is 0.507 e. The average molecular weight is 474 g/mol. The Bertz CT molecular complexity index is 1030. The fraction of sp³-hybridized carbons (Fsp3) is 0.360. The van der Waals surface area contributed by atoms with E-state index in [4.69, 9.17) is 25.8 Å². The van der Waals surface area contributed by atoms with E-state index in [1.807, 2.05) is 13.8 Å². The van der Waals surface area contributed by atoms with Gasteiger partial charge in [0.1, 0.15) is 17.3 Å². The SMILES string of the molecule is CCCOc1ccc(C2/C(=C(/O)c3ccc(Cl)c(OCC)c3)C(=O)C(=O)N2CCOC)cc1. The number of hydrogen-bond acceptors (Lipinski definition) is 6. The third-order valence-electron chi connectivity index (χ3n) is 5.25. The van der Waals surface area contributed by atoms with Crippen LogP contribution in [0.5, 0.6) is 11.5 Å². The molecular formula is C25H28ClNO6. The molecule has 0 aliphatic carbocycles. The summed E-state index contributed by atoms with van der Waals surface area (Å²) in [6.07, 6.45) is 0.879. The van der Waals surface area contributed by atoms with E-state index in [1.54, 1.807) is 42.5 Å². The Morgan fingerprint density at radius 2 is 1.79 bits per heavy atom. The molecule has 2 aromatic rings. The molecule has 7 nitrogen and oxygen atoms in total. The van der Waals surface area contributed by atoms with Gasteiger partial charge in [0.15, 0.2) is 0 Å². The van der Waals surface area contributed by atoms with Crippen molar-refractivity contribution in [2.45, 2.75) is 26.3 Å². The molecule has 2 aromatic carbocycles. The van der Waals surface area contributed by atoms with E-state index in [2.05, 4.69) is 0 Å². The first-order valence-corrected chi connectivity index (χ1v) is 11.2. The molecule has 1 saturated heterocycles. The first-order chi connectivity index (χ1) is 15.9. The van der Waals surface area contributed by atoms with Gasteiger partial charge in [-0.3, -0.25) is 9.59 Å². The smallest absolute Gasteiger partial charge is 0.295 e. The van der Waals surface area contributed by atoms with Crippen molar-refractivity contribution in [1.82, 2.24) is 4.90 Å². The summed E-state index contributed by atoms with van der Waals surface area (Å²) >= 11 is 6.17. The van der Waals surface area contributed by atoms with E-state index < -0.39 is 17.7 Å². The summed E-state index contributed by atoms with van der Waals surface area (Å²) in [5.74, 6) is -0.668. The number of ether oxygens (including phenoxy) is 3. The highest BCUT2D eigenvalue weighted by Gasteiger charge is 2.45. The maximum atomic E-state index is 13.0. The zero-order chi connectivity index (χ0) is 24.0. The molecule has 8 heteroatoms. The van der Waals surface area contributed by atoms with Crippen LogP contribution in [0.2, 0.25) is 5.02 Å². The normalized spacial score (nSPS) is 17.5. The van der Waals surface area contributed by atoms with E-state index in [0.717, 1.165) is 6.42 Å². The predicted molar refractivity (Wildman–Crippen MR) is 126 cm³/mol. The van der Waals surface area contributed by atoms with Crippen molar-refractivity contribution < 1.29 is 28.9 Å². The second kappa shape index (κ2) is 11.2. The second-order valence-electron chi connectivity index (χ2n) is 7.48. The van der Waals surface area contributed by atoms with Gasteiger partial charge < -0.3 is 24.2 Å². The number of carbonyl (C=O) groups is 2. The lowest BCUT2D eigenvalue weighted by molar-refractivity contribution is -0.140. The van der Waals surface area contributed by atoms with Crippen molar-refractivity contribution in [3.63, 3.8) is 0 Å². The Kier molecular flexibility index (Phi) is 8.36. The molecule has 1 N–H and O–H groups in total. The van der Waals surface area contributed by atoms with Gasteiger partial charge in [-0.1, -0.05) is 30.7 Å². The molecule has 33 heavy (non-hydrogen) atoms. The lowest BCUT2D eigenvalue weighted by Gasteiger charge is -2.25. The molecule has 0 spiro atoms. The third kappa shape index (κ3) is 5.31. The number of aliphatic hydroxyl groups is 1. The monoisotopic (exact) mass is 473 g/mol. The van der Waals surface area contributed by atoms with Gasteiger partial charge in [-0.25, -0.2) is 0 Å². The lowest BCUT2D eigenvalue weighted by atomic mass is 9.95. The van der Waals surface area contributed by atoms with Crippen molar-refractivity contribution in [3.8, 4) is 11.5 Å².